The number of fused-ring (bicyclic) bond motifs is 1. The lowest BCUT2D eigenvalue weighted by atomic mass is 10.0. The van der Waals surface area contributed by atoms with Crippen LogP contribution in [0, 0.1) is 10.1 Å². The van der Waals surface area contributed by atoms with E-state index in [0.29, 0.717) is 28.4 Å². The lowest BCUT2D eigenvalue weighted by Gasteiger charge is -2.49. The van der Waals surface area contributed by atoms with E-state index in [1.807, 2.05) is 0 Å². The van der Waals surface area contributed by atoms with Crippen LogP contribution in [0.4, 0.5) is 5.69 Å². The molecule has 0 bridgehead atoms. The van der Waals surface area contributed by atoms with Crippen LogP contribution in [0.1, 0.15) is 12.0 Å². The topological polar surface area (TPSA) is 165 Å². The van der Waals surface area contributed by atoms with Crippen molar-refractivity contribution in [2.75, 3.05) is 25.2 Å². The largest absolute Gasteiger partial charge is 0.497 e. The summed E-state index contributed by atoms with van der Waals surface area (Å²) in [6, 6.07) is 12.1. The van der Waals surface area contributed by atoms with Gasteiger partial charge in [-0.25, -0.2) is 4.79 Å². The molecule has 3 heterocycles. The molecular weight excluding hydrogens is 612 g/mol. The van der Waals surface area contributed by atoms with Crippen LogP contribution in [0.5, 0.6) is 5.75 Å². The first-order valence-corrected chi connectivity index (χ1v) is 15.4. The average Bonchev–Trinajstić information content (AvgIpc) is 3.36. The fourth-order valence-electron chi connectivity index (χ4n) is 4.67. The summed E-state index contributed by atoms with van der Waals surface area (Å²) < 4.78 is 10.8. The van der Waals surface area contributed by atoms with Crippen molar-refractivity contribution in [2.24, 2.45) is 0 Å². The molecule has 1 fully saturated rings. The number of imide groups is 1. The number of carbonyl (C=O) groups excluding carboxylic acids is 5. The second-order valence-electron chi connectivity index (χ2n) is 9.78. The molecule has 2 aromatic rings. The first-order chi connectivity index (χ1) is 21.2. The Balaban J connectivity index is 1.28. The van der Waals surface area contributed by atoms with Gasteiger partial charge < -0.3 is 14.8 Å². The molecule has 0 aliphatic carbocycles. The molecule has 0 aromatic heterocycles. The maximum atomic E-state index is 13.5. The maximum absolute atomic E-state index is 13.5. The second-order valence-corrected chi connectivity index (χ2v) is 11.9. The number of thioether (sulfide) groups is 2. The minimum Gasteiger partial charge on any atom is -0.497 e. The van der Waals surface area contributed by atoms with Crippen molar-refractivity contribution in [1.29, 1.82) is 0 Å². The summed E-state index contributed by atoms with van der Waals surface area (Å²) in [4.78, 5) is 76.4. The number of ether oxygens (including phenoxy) is 2. The van der Waals surface area contributed by atoms with Gasteiger partial charge in [0, 0.05) is 53.7 Å². The molecular formula is C29H26N4O9S2. The molecule has 5 rings (SSSR count). The number of nitro groups is 1. The zero-order valence-corrected chi connectivity index (χ0v) is 24.9. The molecule has 1 N–H and O–H groups in total. The van der Waals surface area contributed by atoms with E-state index in [9.17, 15) is 34.1 Å². The standard InChI is InChI=1S/C29H26N4O9S2/c1-41-20-6-2-17(3-7-20)14-42-29(38)26-18(15-43-21-8-4-19(5-9-21)33(39)40)16-44-28-25(27(37)32(26)28)30-22(34)12-13-31-23(35)10-11-24(31)36/h2-11,25,28H,12-16H2,1H3,(H,30,34). The fourth-order valence-corrected chi connectivity index (χ4v) is 7.05. The highest BCUT2D eigenvalue weighted by molar-refractivity contribution is 8.01. The molecule has 228 valence electrons. The smallest absolute Gasteiger partial charge is 0.355 e. The molecule has 0 spiro atoms. The first kappa shape index (κ1) is 30.8. The number of β-lactam (4-membered cyclic amide) rings is 1. The van der Waals surface area contributed by atoms with Crippen molar-refractivity contribution < 1.29 is 38.4 Å². The van der Waals surface area contributed by atoms with Crippen LogP contribution in [-0.2, 0) is 35.3 Å². The van der Waals surface area contributed by atoms with Crippen LogP contribution in [-0.4, -0.2) is 80.9 Å². The minimum absolute atomic E-state index is 0.0398. The van der Waals surface area contributed by atoms with E-state index in [0.717, 1.165) is 21.9 Å². The predicted molar refractivity (Wildman–Crippen MR) is 159 cm³/mol. The van der Waals surface area contributed by atoms with Gasteiger partial charge >= 0.3 is 5.97 Å². The lowest BCUT2D eigenvalue weighted by molar-refractivity contribution is -0.384. The number of carbonyl (C=O) groups is 5. The quantitative estimate of drug-likeness (QED) is 0.0906. The Morgan fingerprint density at radius 3 is 2.39 bits per heavy atom. The molecule has 2 atom stereocenters. The monoisotopic (exact) mass is 638 g/mol. The van der Waals surface area contributed by atoms with Crippen molar-refractivity contribution in [2.45, 2.75) is 29.3 Å². The van der Waals surface area contributed by atoms with Gasteiger partial charge in [0.1, 0.15) is 29.5 Å². The van der Waals surface area contributed by atoms with Gasteiger partial charge in [0.2, 0.25) is 5.91 Å². The van der Waals surface area contributed by atoms with Crippen molar-refractivity contribution >= 4 is 58.8 Å². The number of non-ortho nitro benzene ring substituents is 1. The Labute approximate surface area is 259 Å². The highest BCUT2D eigenvalue weighted by atomic mass is 32.2. The van der Waals surface area contributed by atoms with E-state index in [1.54, 1.807) is 43.5 Å². The van der Waals surface area contributed by atoms with E-state index in [1.165, 1.54) is 40.6 Å². The number of nitro benzene ring substituents is 1. The maximum Gasteiger partial charge on any atom is 0.355 e. The summed E-state index contributed by atoms with van der Waals surface area (Å²) in [6.07, 6.45) is 2.08. The third-order valence-corrected chi connectivity index (χ3v) is 9.45. The molecule has 4 amide bonds. The van der Waals surface area contributed by atoms with Crippen LogP contribution in [0.2, 0.25) is 0 Å². The third kappa shape index (κ3) is 6.63. The molecule has 2 aromatic carbocycles. The van der Waals surface area contributed by atoms with Gasteiger partial charge in [0.05, 0.1) is 12.0 Å². The fraction of sp³-hybridized carbons (Fsp3) is 0.276. The Morgan fingerprint density at radius 2 is 1.75 bits per heavy atom. The lowest BCUT2D eigenvalue weighted by Crippen LogP contribution is -2.70. The van der Waals surface area contributed by atoms with Gasteiger partial charge in [-0.3, -0.25) is 39.1 Å². The summed E-state index contributed by atoms with van der Waals surface area (Å²) >= 11 is 2.74. The van der Waals surface area contributed by atoms with Gasteiger partial charge in [0.15, 0.2) is 0 Å². The average molecular weight is 639 g/mol. The zero-order chi connectivity index (χ0) is 31.4. The van der Waals surface area contributed by atoms with Crippen molar-refractivity contribution in [3.63, 3.8) is 0 Å². The van der Waals surface area contributed by atoms with Gasteiger partial charge in [-0.2, -0.15) is 0 Å². The Hall–Kier alpha value is -4.63. The van der Waals surface area contributed by atoms with Crippen LogP contribution in [0.25, 0.3) is 0 Å². The zero-order valence-electron chi connectivity index (χ0n) is 23.3. The summed E-state index contributed by atoms with van der Waals surface area (Å²) in [7, 11) is 1.54. The minimum atomic E-state index is -0.899. The number of esters is 1. The van der Waals surface area contributed by atoms with Crippen LogP contribution < -0.4 is 10.1 Å². The van der Waals surface area contributed by atoms with Gasteiger partial charge in [-0.05, 0) is 35.4 Å². The molecule has 0 radical (unpaired) electrons. The van der Waals surface area contributed by atoms with Crippen LogP contribution in [0.3, 0.4) is 0 Å². The highest BCUT2D eigenvalue weighted by Gasteiger charge is 2.54. The molecule has 15 heteroatoms. The number of benzene rings is 2. The number of amides is 4. The Morgan fingerprint density at radius 1 is 1.07 bits per heavy atom. The SMILES string of the molecule is COc1ccc(COC(=O)C2=C(CSc3ccc([N+](=O)[O-])cc3)CSC3C(NC(=O)CCN4C(=O)C=CC4=O)C(=O)N23)cc1. The molecule has 3 aliphatic heterocycles. The van der Waals surface area contributed by atoms with Crippen molar-refractivity contribution in [3.05, 3.63) is 87.6 Å². The summed E-state index contributed by atoms with van der Waals surface area (Å²) in [6.45, 7) is -0.163. The van der Waals surface area contributed by atoms with E-state index in [4.69, 9.17) is 9.47 Å². The summed E-state index contributed by atoms with van der Waals surface area (Å²) in [5.41, 5.74) is 1.42. The van der Waals surface area contributed by atoms with Gasteiger partial charge in [-0.1, -0.05) is 12.1 Å². The second kappa shape index (κ2) is 13.3. The van der Waals surface area contributed by atoms with Gasteiger partial charge in [-0.15, -0.1) is 23.5 Å². The van der Waals surface area contributed by atoms with E-state index < -0.39 is 45.9 Å². The van der Waals surface area contributed by atoms with E-state index in [2.05, 4.69) is 5.32 Å². The summed E-state index contributed by atoms with van der Waals surface area (Å²) in [5, 5.41) is 13.1. The van der Waals surface area contributed by atoms with E-state index >= 15 is 0 Å². The number of nitrogens with zero attached hydrogens (tertiary/aromatic N) is 3. The Bertz CT molecular complexity index is 1560. The molecule has 1 saturated heterocycles. The number of methoxy groups -OCH3 is 1. The molecule has 44 heavy (non-hydrogen) atoms. The van der Waals surface area contributed by atoms with Crippen LogP contribution >= 0.6 is 23.5 Å². The normalized spacial score (nSPS) is 19.1. The molecule has 13 nitrogen and oxygen atoms in total. The predicted octanol–water partition coefficient (Wildman–Crippen LogP) is 2.41. The Kier molecular flexibility index (Phi) is 9.35. The molecule has 0 saturated carbocycles. The number of hydrogen-bond acceptors (Lipinski definition) is 11. The number of rotatable bonds is 12. The van der Waals surface area contributed by atoms with Crippen LogP contribution in [0.15, 0.2) is 76.8 Å². The molecule has 2 unspecified atom stereocenters. The summed E-state index contributed by atoms with van der Waals surface area (Å²) in [5.74, 6) is -1.36. The third-order valence-electron chi connectivity index (χ3n) is 7.01. The van der Waals surface area contributed by atoms with Crippen molar-refractivity contribution in [3.8, 4) is 5.75 Å². The molecule has 3 aliphatic rings. The highest BCUT2D eigenvalue weighted by Crippen LogP contribution is 2.42. The number of hydrogen-bond donors (Lipinski definition) is 1. The first-order valence-electron chi connectivity index (χ1n) is 13.3. The van der Waals surface area contributed by atoms with Gasteiger partial charge in [0.25, 0.3) is 23.4 Å². The van der Waals surface area contributed by atoms with Crippen molar-refractivity contribution in [1.82, 2.24) is 15.1 Å². The van der Waals surface area contributed by atoms with E-state index in [-0.39, 0.29) is 31.0 Å². The number of nitrogens with one attached hydrogen (secondary N) is 1.